The number of aliphatic imine (C=N–C) groups is 1. The van der Waals surface area contributed by atoms with Crippen LogP contribution in [0.5, 0.6) is 0 Å². The van der Waals surface area contributed by atoms with Gasteiger partial charge < -0.3 is 4.74 Å². The maximum absolute atomic E-state index is 5.31. The smallest absolute Gasteiger partial charge is 0.0662 e. The summed E-state index contributed by atoms with van der Waals surface area (Å²) in [5.74, 6) is 0.553. The average Bonchev–Trinajstić information content (AvgIpc) is 1.81. The second-order valence-corrected chi connectivity index (χ2v) is 1.63. The standard InChI is InChI=1S/C5H10ClNO/c1-7-3-5-8-4-2-6/h1-5H2. The predicted molar refractivity (Wildman–Crippen MR) is 36.0 cm³/mol. The summed E-state index contributed by atoms with van der Waals surface area (Å²) >= 11 is 5.31. The van der Waals surface area contributed by atoms with Crippen molar-refractivity contribution in [3.8, 4) is 0 Å². The highest BCUT2D eigenvalue weighted by Crippen LogP contribution is 1.78. The molecule has 0 saturated carbocycles. The Morgan fingerprint density at radius 3 is 2.75 bits per heavy atom. The highest BCUT2D eigenvalue weighted by atomic mass is 35.5. The fourth-order valence-corrected chi connectivity index (χ4v) is 0.395. The number of alkyl halides is 1. The van der Waals surface area contributed by atoms with E-state index in [9.17, 15) is 0 Å². The molecular weight excluding hydrogens is 126 g/mol. The van der Waals surface area contributed by atoms with Crippen LogP contribution in [0.1, 0.15) is 0 Å². The first kappa shape index (κ1) is 7.92. The summed E-state index contributed by atoms with van der Waals surface area (Å²) < 4.78 is 4.96. The second-order valence-electron chi connectivity index (χ2n) is 1.25. The molecule has 0 rings (SSSR count). The van der Waals surface area contributed by atoms with Crippen molar-refractivity contribution in [2.24, 2.45) is 4.99 Å². The van der Waals surface area contributed by atoms with Gasteiger partial charge in [0, 0.05) is 5.88 Å². The van der Waals surface area contributed by atoms with E-state index in [2.05, 4.69) is 11.7 Å². The van der Waals surface area contributed by atoms with Gasteiger partial charge in [0.2, 0.25) is 0 Å². The Kier molecular flexibility index (Phi) is 6.85. The molecule has 0 unspecified atom stereocenters. The largest absolute Gasteiger partial charge is 0.378 e. The summed E-state index contributed by atoms with van der Waals surface area (Å²) in [6.45, 7) is 5.20. The van der Waals surface area contributed by atoms with E-state index in [1.54, 1.807) is 0 Å². The normalized spacial score (nSPS) is 9.12. The predicted octanol–water partition coefficient (Wildman–Crippen LogP) is 0.942. The Morgan fingerprint density at radius 2 is 2.25 bits per heavy atom. The zero-order valence-corrected chi connectivity index (χ0v) is 5.52. The maximum Gasteiger partial charge on any atom is 0.0662 e. The highest BCUT2D eigenvalue weighted by molar-refractivity contribution is 6.17. The molecule has 0 aromatic carbocycles. The van der Waals surface area contributed by atoms with Gasteiger partial charge in [-0.2, -0.15) is 0 Å². The lowest BCUT2D eigenvalue weighted by atomic mass is 10.7. The van der Waals surface area contributed by atoms with Crippen molar-refractivity contribution in [2.75, 3.05) is 25.6 Å². The van der Waals surface area contributed by atoms with Crippen LogP contribution in [-0.2, 0) is 4.74 Å². The number of nitrogens with zero attached hydrogens (tertiary/aromatic N) is 1. The first-order valence-corrected chi connectivity index (χ1v) is 3.01. The van der Waals surface area contributed by atoms with Gasteiger partial charge in [0.15, 0.2) is 0 Å². The number of ether oxygens (including phenoxy) is 1. The van der Waals surface area contributed by atoms with Gasteiger partial charge in [-0.3, -0.25) is 4.99 Å². The molecule has 8 heavy (non-hydrogen) atoms. The molecule has 3 heteroatoms. The van der Waals surface area contributed by atoms with Crippen LogP contribution >= 0.6 is 11.6 Å². The number of hydrogen-bond acceptors (Lipinski definition) is 2. The fourth-order valence-electron chi connectivity index (χ4n) is 0.286. The molecule has 0 bridgehead atoms. The zero-order valence-electron chi connectivity index (χ0n) is 4.77. The third kappa shape index (κ3) is 5.92. The Hall–Kier alpha value is -0.0800. The number of halogens is 1. The van der Waals surface area contributed by atoms with Gasteiger partial charge in [-0.1, -0.05) is 0 Å². The SMILES string of the molecule is C=NCCOCCCl. The number of rotatable bonds is 5. The molecule has 0 aromatic rings. The minimum atomic E-state index is 0.553. The van der Waals surface area contributed by atoms with E-state index in [0.717, 1.165) is 0 Å². The van der Waals surface area contributed by atoms with E-state index in [-0.39, 0.29) is 0 Å². The van der Waals surface area contributed by atoms with Crippen molar-refractivity contribution in [1.29, 1.82) is 0 Å². The molecule has 0 heterocycles. The van der Waals surface area contributed by atoms with Crippen molar-refractivity contribution < 1.29 is 4.74 Å². The molecule has 0 atom stereocenters. The second kappa shape index (κ2) is 6.92. The lowest BCUT2D eigenvalue weighted by Crippen LogP contribution is -1.99. The van der Waals surface area contributed by atoms with Crippen molar-refractivity contribution in [1.82, 2.24) is 0 Å². The Labute approximate surface area is 54.5 Å². The molecule has 0 spiro atoms. The minimum Gasteiger partial charge on any atom is -0.378 e. The van der Waals surface area contributed by atoms with Gasteiger partial charge >= 0.3 is 0 Å². The lowest BCUT2D eigenvalue weighted by Gasteiger charge is -1.95. The Morgan fingerprint density at radius 1 is 1.50 bits per heavy atom. The van der Waals surface area contributed by atoms with Gasteiger partial charge in [-0.05, 0) is 6.72 Å². The summed E-state index contributed by atoms with van der Waals surface area (Å²) in [4.78, 5) is 3.59. The molecule has 0 aromatic heterocycles. The van der Waals surface area contributed by atoms with Crippen LogP contribution in [0.3, 0.4) is 0 Å². The average molecular weight is 136 g/mol. The molecular formula is C5H10ClNO. The van der Waals surface area contributed by atoms with Crippen molar-refractivity contribution in [3.63, 3.8) is 0 Å². The van der Waals surface area contributed by atoms with Gasteiger partial charge in [0.05, 0.1) is 19.8 Å². The minimum absolute atomic E-state index is 0.553. The van der Waals surface area contributed by atoms with Gasteiger partial charge in [-0.25, -0.2) is 0 Å². The highest BCUT2D eigenvalue weighted by Gasteiger charge is 1.81. The first-order valence-electron chi connectivity index (χ1n) is 2.48. The summed E-state index contributed by atoms with van der Waals surface area (Å²) in [7, 11) is 0. The maximum atomic E-state index is 5.31. The fraction of sp³-hybridized carbons (Fsp3) is 0.800. The van der Waals surface area contributed by atoms with Crippen molar-refractivity contribution >= 4 is 18.3 Å². The molecule has 0 aliphatic heterocycles. The van der Waals surface area contributed by atoms with E-state index in [1.165, 1.54) is 0 Å². The van der Waals surface area contributed by atoms with Crippen LogP contribution in [-0.4, -0.2) is 32.4 Å². The van der Waals surface area contributed by atoms with Crippen molar-refractivity contribution in [3.05, 3.63) is 0 Å². The molecule has 0 fully saturated rings. The van der Waals surface area contributed by atoms with E-state index in [4.69, 9.17) is 16.3 Å². The molecule has 0 saturated heterocycles. The third-order valence-corrected chi connectivity index (χ3v) is 0.770. The van der Waals surface area contributed by atoms with Crippen LogP contribution in [0.2, 0.25) is 0 Å². The molecule has 2 nitrogen and oxygen atoms in total. The van der Waals surface area contributed by atoms with Gasteiger partial charge in [0.25, 0.3) is 0 Å². The van der Waals surface area contributed by atoms with Crippen LogP contribution in [0, 0.1) is 0 Å². The van der Waals surface area contributed by atoms with Crippen molar-refractivity contribution in [2.45, 2.75) is 0 Å². The monoisotopic (exact) mass is 135 g/mol. The molecule has 0 aliphatic carbocycles. The molecule has 0 aliphatic rings. The summed E-state index contributed by atoms with van der Waals surface area (Å²) in [5, 5.41) is 0. The third-order valence-electron chi connectivity index (χ3n) is 0.615. The zero-order chi connectivity index (χ0) is 6.24. The van der Waals surface area contributed by atoms with Gasteiger partial charge in [-0.15, -0.1) is 11.6 Å². The Balaban J connectivity index is 2.62. The van der Waals surface area contributed by atoms with Crippen LogP contribution in [0.25, 0.3) is 0 Å². The Bertz CT molecular complexity index is 58.4. The molecule has 48 valence electrons. The first-order chi connectivity index (χ1) is 3.91. The van der Waals surface area contributed by atoms with Crippen LogP contribution in [0.4, 0.5) is 0 Å². The van der Waals surface area contributed by atoms with Gasteiger partial charge in [0.1, 0.15) is 0 Å². The topological polar surface area (TPSA) is 21.6 Å². The molecule has 0 N–H and O–H groups in total. The van der Waals surface area contributed by atoms with E-state index in [0.29, 0.717) is 25.6 Å². The van der Waals surface area contributed by atoms with Crippen LogP contribution < -0.4 is 0 Å². The summed E-state index contributed by atoms with van der Waals surface area (Å²) in [6, 6.07) is 0. The van der Waals surface area contributed by atoms with E-state index >= 15 is 0 Å². The van der Waals surface area contributed by atoms with Crippen LogP contribution in [0.15, 0.2) is 4.99 Å². The van der Waals surface area contributed by atoms with E-state index in [1.807, 2.05) is 0 Å². The molecule has 0 radical (unpaired) electrons. The quantitative estimate of drug-likeness (QED) is 0.312. The summed E-state index contributed by atoms with van der Waals surface area (Å²) in [6.07, 6.45) is 0. The lowest BCUT2D eigenvalue weighted by molar-refractivity contribution is 0.157. The number of hydrogen-bond donors (Lipinski definition) is 0. The summed E-state index contributed by atoms with van der Waals surface area (Å²) in [5.41, 5.74) is 0. The van der Waals surface area contributed by atoms with E-state index < -0.39 is 0 Å². The molecule has 0 amide bonds.